The van der Waals surface area contributed by atoms with Crippen LogP contribution in [0.15, 0.2) is 54.7 Å². The number of hydrogen-bond donors (Lipinski definition) is 1. The third kappa shape index (κ3) is 3.33. The predicted octanol–water partition coefficient (Wildman–Crippen LogP) is 4.00. The maximum atomic E-state index is 13.0. The zero-order chi connectivity index (χ0) is 18.8. The smallest absolute Gasteiger partial charge is 0.255 e. The molecule has 1 unspecified atom stereocenters. The average Bonchev–Trinajstić information content (AvgIpc) is 3.13. The second kappa shape index (κ2) is 7.27. The summed E-state index contributed by atoms with van der Waals surface area (Å²) in [6.45, 7) is 4.70. The Morgan fingerprint density at radius 2 is 2.00 bits per heavy atom. The first-order valence-corrected chi connectivity index (χ1v) is 9.34. The Morgan fingerprint density at radius 1 is 1.22 bits per heavy atom. The van der Waals surface area contributed by atoms with Gasteiger partial charge < -0.3 is 10.1 Å². The van der Waals surface area contributed by atoms with Gasteiger partial charge in [-0.1, -0.05) is 42.8 Å². The summed E-state index contributed by atoms with van der Waals surface area (Å²) in [6.07, 6.45) is 3.15. The lowest BCUT2D eigenvalue weighted by atomic mass is 10.00. The van der Waals surface area contributed by atoms with E-state index in [1.807, 2.05) is 48.0 Å². The second-order valence-electron chi connectivity index (χ2n) is 6.81. The molecule has 2 heterocycles. The molecule has 1 aliphatic rings. The van der Waals surface area contributed by atoms with E-state index in [1.54, 1.807) is 6.20 Å². The van der Waals surface area contributed by atoms with Crippen LogP contribution in [-0.2, 0) is 6.42 Å². The molecule has 0 fully saturated rings. The Balaban J connectivity index is 1.61. The van der Waals surface area contributed by atoms with E-state index in [9.17, 15) is 4.79 Å². The molecule has 0 aliphatic carbocycles. The largest absolute Gasteiger partial charge is 0.493 e. The van der Waals surface area contributed by atoms with E-state index in [4.69, 9.17) is 4.74 Å². The van der Waals surface area contributed by atoms with Crippen LogP contribution in [0.4, 0.5) is 0 Å². The fraction of sp³-hybridized carbons (Fsp3) is 0.273. The predicted molar refractivity (Wildman–Crippen MR) is 104 cm³/mol. The van der Waals surface area contributed by atoms with E-state index >= 15 is 0 Å². The zero-order valence-electron chi connectivity index (χ0n) is 15.6. The summed E-state index contributed by atoms with van der Waals surface area (Å²) in [6, 6.07) is 16.0. The number of carbonyl (C=O) groups excluding carboxylic acids is 1. The van der Waals surface area contributed by atoms with Crippen molar-refractivity contribution in [3.63, 3.8) is 0 Å². The van der Waals surface area contributed by atoms with Gasteiger partial charge in [0, 0.05) is 12.0 Å². The average molecular weight is 361 g/mol. The molecule has 27 heavy (non-hydrogen) atoms. The van der Waals surface area contributed by atoms with Crippen molar-refractivity contribution in [2.75, 3.05) is 6.61 Å². The number of nitrogens with zero attached hydrogens (tertiary/aromatic N) is 2. The quantitative estimate of drug-likeness (QED) is 0.764. The van der Waals surface area contributed by atoms with E-state index in [-0.39, 0.29) is 11.9 Å². The van der Waals surface area contributed by atoms with Gasteiger partial charge in [0.2, 0.25) is 0 Å². The number of amides is 1. The molecule has 2 aromatic carbocycles. The van der Waals surface area contributed by atoms with Gasteiger partial charge in [0.15, 0.2) is 0 Å². The number of aromatic nitrogens is 2. The highest BCUT2D eigenvalue weighted by Crippen LogP contribution is 2.32. The van der Waals surface area contributed by atoms with Crippen molar-refractivity contribution >= 4 is 5.91 Å². The molecule has 138 valence electrons. The first-order valence-electron chi connectivity index (χ1n) is 9.34. The lowest BCUT2D eigenvalue weighted by Gasteiger charge is -2.26. The molecule has 5 heteroatoms. The summed E-state index contributed by atoms with van der Waals surface area (Å²) < 4.78 is 7.54. The first-order chi connectivity index (χ1) is 13.2. The summed E-state index contributed by atoms with van der Waals surface area (Å²) in [5, 5.41) is 7.64. The Hall–Kier alpha value is -3.08. The molecule has 0 spiro atoms. The fourth-order valence-electron chi connectivity index (χ4n) is 3.54. The van der Waals surface area contributed by atoms with Gasteiger partial charge in [0.05, 0.1) is 35.8 Å². The van der Waals surface area contributed by atoms with Gasteiger partial charge in [-0.3, -0.25) is 4.79 Å². The van der Waals surface area contributed by atoms with Crippen molar-refractivity contribution in [2.24, 2.45) is 0 Å². The topological polar surface area (TPSA) is 56.1 Å². The maximum absolute atomic E-state index is 13.0. The molecule has 1 N–H and O–H groups in total. The molecule has 1 atom stereocenters. The summed E-state index contributed by atoms with van der Waals surface area (Å²) in [7, 11) is 0. The van der Waals surface area contributed by atoms with Gasteiger partial charge in [0.1, 0.15) is 5.75 Å². The van der Waals surface area contributed by atoms with Crippen LogP contribution in [0.25, 0.3) is 5.69 Å². The van der Waals surface area contributed by atoms with E-state index in [2.05, 4.69) is 29.5 Å². The number of hydrogen-bond acceptors (Lipinski definition) is 3. The summed E-state index contributed by atoms with van der Waals surface area (Å²) in [5.74, 6) is 0.757. The summed E-state index contributed by atoms with van der Waals surface area (Å²) in [4.78, 5) is 13.0. The first kappa shape index (κ1) is 17.3. The minimum Gasteiger partial charge on any atom is -0.493 e. The number of rotatable bonds is 4. The highest BCUT2D eigenvalue weighted by Gasteiger charge is 2.25. The lowest BCUT2D eigenvalue weighted by Crippen LogP contribution is -2.32. The SMILES string of the molecule is CCc1c(C(=O)NC2CCOc3ccccc32)cnn1-c1ccc(C)cc1. The third-order valence-corrected chi connectivity index (χ3v) is 4.99. The van der Waals surface area contributed by atoms with Crippen LogP contribution in [0.1, 0.15) is 46.6 Å². The second-order valence-corrected chi connectivity index (χ2v) is 6.81. The van der Waals surface area contributed by atoms with Crippen molar-refractivity contribution in [1.29, 1.82) is 0 Å². The minimum absolute atomic E-state index is 0.0464. The van der Waals surface area contributed by atoms with E-state index < -0.39 is 0 Å². The van der Waals surface area contributed by atoms with Crippen LogP contribution >= 0.6 is 0 Å². The molecule has 4 rings (SSSR count). The number of fused-ring (bicyclic) bond motifs is 1. The maximum Gasteiger partial charge on any atom is 0.255 e. The number of para-hydroxylation sites is 1. The number of nitrogens with one attached hydrogen (secondary N) is 1. The van der Waals surface area contributed by atoms with Crippen molar-refractivity contribution in [3.8, 4) is 11.4 Å². The number of benzene rings is 2. The molecule has 1 amide bonds. The summed E-state index contributed by atoms with van der Waals surface area (Å²) in [5.41, 5.74) is 4.73. The molecular formula is C22H23N3O2. The molecular weight excluding hydrogens is 338 g/mol. The highest BCUT2D eigenvalue weighted by molar-refractivity contribution is 5.95. The van der Waals surface area contributed by atoms with Gasteiger partial charge in [-0.2, -0.15) is 5.10 Å². The van der Waals surface area contributed by atoms with Crippen molar-refractivity contribution in [2.45, 2.75) is 32.7 Å². The van der Waals surface area contributed by atoms with Crippen LogP contribution < -0.4 is 10.1 Å². The molecule has 1 aliphatic heterocycles. The van der Waals surface area contributed by atoms with E-state index in [1.165, 1.54) is 5.56 Å². The normalized spacial score (nSPS) is 15.7. The van der Waals surface area contributed by atoms with Crippen molar-refractivity contribution in [3.05, 3.63) is 77.1 Å². The highest BCUT2D eigenvalue weighted by atomic mass is 16.5. The van der Waals surface area contributed by atoms with E-state index in [0.29, 0.717) is 12.2 Å². The molecule has 3 aromatic rings. The van der Waals surface area contributed by atoms with Crippen LogP contribution in [0.5, 0.6) is 5.75 Å². The lowest BCUT2D eigenvalue weighted by molar-refractivity contribution is 0.0924. The van der Waals surface area contributed by atoms with Crippen molar-refractivity contribution in [1.82, 2.24) is 15.1 Å². The number of ether oxygens (including phenoxy) is 1. The third-order valence-electron chi connectivity index (χ3n) is 4.99. The Bertz CT molecular complexity index is 960. The van der Waals surface area contributed by atoms with Gasteiger partial charge in [-0.25, -0.2) is 4.68 Å². The Kier molecular flexibility index (Phi) is 4.67. The van der Waals surface area contributed by atoms with Crippen LogP contribution in [0, 0.1) is 6.92 Å². The molecule has 5 nitrogen and oxygen atoms in total. The number of carbonyl (C=O) groups is 1. The van der Waals surface area contributed by atoms with Crippen LogP contribution in [0.2, 0.25) is 0 Å². The van der Waals surface area contributed by atoms with Gasteiger partial charge in [-0.15, -0.1) is 0 Å². The van der Waals surface area contributed by atoms with Crippen molar-refractivity contribution < 1.29 is 9.53 Å². The standard InChI is InChI=1S/C22H23N3O2/c1-3-20-18(14-23-25(20)16-10-8-15(2)9-11-16)22(26)24-19-12-13-27-21-7-5-4-6-17(19)21/h4-11,14,19H,3,12-13H2,1-2H3,(H,24,26). The minimum atomic E-state index is -0.0908. The zero-order valence-corrected chi connectivity index (χ0v) is 15.6. The Morgan fingerprint density at radius 3 is 2.78 bits per heavy atom. The van der Waals surface area contributed by atoms with Gasteiger partial charge >= 0.3 is 0 Å². The van der Waals surface area contributed by atoms with Gasteiger partial charge in [-0.05, 0) is 31.5 Å². The molecule has 1 aromatic heterocycles. The fourth-order valence-corrected chi connectivity index (χ4v) is 3.54. The molecule has 0 bridgehead atoms. The monoisotopic (exact) mass is 361 g/mol. The van der Waals surface area contributed by atoms with Crippen LogP contribution in [-0.4, -0.2) is 22.3 Å². The molecule has 0 radical (unpaired) electrons. The van der Waals surface area contributed by atoms with Gasteiger partial charge in [0.25, 0.3) is 5.91 Å². The number of aryl methyl sites for hydroxylation is 1. The van der Waals surface area contributed by atoms with Crippen LogP contribution in [0.3, 0.4) is 0 Å². The summed E-state index contributed by atoms with van der Waals surface area (Å²) >= 11 is 0. The molecule has 0 saturated carbocycles. The van der Waals surface area contributed by atoms with E-state index in [0.717, 1.165) is 35.5 Å². The molecule has 0 saturated heterocycles. The Labute approximate surface area is 159 Å².